The van der Waals surface area contributed by atoms with Gasteiger partial charge in [-0.05, 0) is 42.8 Å². The largest absolute Gasteiger partial charge is 0.378 e. The van der Waals surface area contributed by atoms with Gasteiger partial charge in [-0.1, -0.05) is 42.5 Å². The van der Waals surface area contributed by atoms with Crippen molar-refractivity contribution < 1.29 is 13.9 Å². The van der Waals surface area contributed by atoms with Crippen molar-refractivity contribution in [3.05, 3.63) is 89.2 Å². The number of hydrogen-bond acceptors (Lipinski definition) is 5. The maximum absolute atomic E-state index is 14.9. The molecule has 1 unspecified atom stereocenters. The van der Waals surface area contributed by atoms with Gasteiger partial charge in [-0.25, -0.2) is 9.37 Å². The number of amides is 1. The molecule has 5 nitrogen and oxygen atoms in total. The fourth-order valence-electron chi connectivity index (χ4n) is 4.33. The third-order valence-electron chi connectivity index (χ3n) is 6.31. The summed E-state index contributed by atoms with van der Waals surface area (Å²) in [5.41, 5.74) is 1.90. The average molecular weight is 476 g/mol. The number of hydrogen-bond donors (Lipinski definition) is 1. The number of ether oxygens (including phenoxy) is 1. The number of rotatable bonds is 6. The molecule has 34 heavy (non-hydrogen) atoms. The normalized spacial score (nSPS) is 15.8. The molecule has 0 saturated carbocycles. The number of thiazole rings is 1. The van der Waals surface area contributed by atoms with Crippen molar-refractivity contribution in [1.82, 2.24) is 4.98 Å². The molecule has 1 aliphatic rings. The van der Waals surface area contributed by atoms with Gasteiger partial charge in [0.05, 0.1) is 39.5 Å². The third kappa shape index (κ3) is 4.54. The van der Waals surface area contributed by atoms with Crippen LogP contribution in [0.5, 0.6) is 0 Å². The number of fused-ring (bicyclic) bond motifs is 1. The molecule has 1 fully saturated rings. The molecular formula is C27H26FN3O2S. The monoisotopic (exact) mass is 475 g/mol. The van der Waals surface area contributed by atoms with Crippen molar-refractivity contribution in [2.45, 2.75) is 18.8 Å². The van der Waals surface area contributed by atoms with Crippen molar-refractivity contribution in [3.63, 3.8) is 0 Å². The van der Waals surface area contributed by atoms with Gasteiger partial charge >= 0.3 is 0 Å². The molecule has 0 aliphatic carbocycles. The highest BCUT2D eigenvalue weighted by Crippen LogP contribution is 2.34. The van der Waals surface area contributed by atoms with Crippen molar-refractivity contribution in [2.24, 2.45) is 0 Å². The quantitative estimate of drug-likeness (QED) is 0.405. The molecule has 174 valence electrons. The molecule has 1 aromatic heterocycles. The first-order chi connectivity index (χ1) is 16.5. The Bertz CT molecular complexity index is 1270. The summed E-state index contributed by atoms with van der Waals surface area (Å²) in [5, 5.41) is 3.85. The summed E-state index contributed by atoms with van der Waals surface area (Å²) in [6.07, 6.45) is 0.441. The van der Waals surface area contributed by atoms with Gasteiger partial charge in [0.2, 0.25) is 5.91 Å². The Balaban J connectivity index is 1.42. The summed E-state index contributed by atoms with van der Waals surface area (Å²) in [5.74, 6) is -0.552. The maximum atomic E-state index is 14.9. The van der Waals surface area contributed by atoms with Gasteiger partial charge in [-0.3, -0.25) is 4.79 Å². The Morgan fingerprint density at radius 1 is 1.09 bits per heavy atom. The molecule has 0 radical (unpaired) electrons. The Hall–Kier alpha value is -3.29. The smallest absolute Gasteiger partial charge is 0.235 e. The number of halogens is 1. The standard InChI is InChI=1S/C27H26FN3O2S/c1-27(19-7-3-2-4-8-19,18-25-30-22-9-5-6-10-24(22)34-25)26(32)29-20-11-12-23(21(28)17-20)31-13-15-33-16-14-31/h2-12,17H,13-16,18H2,1H3,(H,29,32). The number of carbonyl (C=O) groups is 1. The van der Waals surface area contributed by atoms with E-state index in [-0.39, 0.29) is 11.7 Å². The second kappa shape index (κ2) is 9.52. The first-order valence-corrected chi connectivity index (χ1v) is 12.2. The van der Waals surface area contributed by atoms with Crippen LogP contribution in [0.4, 0.5) is 15.8 Å². The van der Waals surface area contributed by atoms with E-state index in [1.165, 1.54) is 6.07 Å². The summed E-state index contributed by atoms with van der Waals surface area (Å²) < 4.78 is 21.4. The van der Waals surface area contributed by atoms with E-state index in [0.717, 1.165) is 20.8 Å². The molecule has 3 aromatic carbocycles. The van der Waals surface area contributed by atoms with E-state index in [1.807, 2.05) is 66.4 Å². The zero-order valence-electron chi connectivity index (χ0n) is 19.0. The molecule has 1 aliphatic heterocycles. The highest BCUT2D eigenvalue weighted by atomic mass is 32.1. The molecular weight excluding hydrogens is 449 g/mol. The van der Waals surface area contributed by atoms with Gasteiger partial charge in [0.15, 0.2) is 0 Å². The topological polar surface area (TPSA) is 54.5 Å². The minimum absolute atomic E-state index is 0.198. The second-order valence-electron chi connectivity index (χ2n) is 8.67. The second-order valence-corrected chi connectivity index (χ2v) is 9.79. The number of nitrogens with one attached hydrogen (secondary N) is 1. The Labute approximate surface area is 202 Å². The highest BCUT2D eigenvalue weighted by molar-refractivity contribution is 7.18. The van der Waals surface area contributed by atoms with E-state index in [9.17, 15) is 9.18 Å². The van der Waals surface area contributed by atoms with Gasteiger partial charge in [0.1, 0.15) is 5.82 Å². The Morgan fingerprint density at radius 2 is 1.82 bits per heavy atom. The molecule has 1 amide bonds. The van der Waals surface area contributed by atoms with Crippen LogP contribution in [0, 0.1) is 5.82 Å². The number of carbonyl (C=O) groups excluding carboxylic acids is 1. The fraction of sp³-hybridized carbons (Fsp3) is 0.259. The number of aromatic nitrogens is 1. The third-order valence-corrected chi connectivity index (χ3v) is 7.35. The van der Waals surface area contributed by atoms with Crippen LogP contribution in [0.25, 0.3) is 10.2 Å². The predicted octanol–water partition coefficient (Wildman–Crippen LogP) is 5.41. The van der Waals surface area contributed by atoms with E-state index in [4.69, 9.17) is 9.72 Å². The van der Waals surface area contributed by atoms with Crippen LogP contribution in [0.3, 0.4) is 0 Å². The van der Waals surface area contributed by atoms with Crippen LogP contribution >= 0.6 is 11.3 Å². The number of anilines is 2. The number of morpholine rings is 1. The fourth-order valence-corrected chi connectivity index (χ4v) is 5.46. The number of para-hydroxylation sites is 1. The molecule has 7 heteroatoms. The van der Waals surface area contributed by atoms with Crippen molar-refractivity contribution in [3.8, 4) is 0 Å². The molecule has 4 aromatic rings. The van der Waals surface area contributed by atoms with Gasteiger partial charge < -0.3 is 15.0 Å². The van der Waals surface area contributed by atoms with Crippen LogP contribution in [0.1, 0.15) is 17.5 Å². The zero-order valence-corrected chi connectivity index (χ0v) is 19.8. The predicted molar refractivity (Wildman–Crippen MR) is 135 cm³/mol. The van der Waals surface area contributed by atoms with Crippen LogP contribution in [0.15, 0.2) is 72.8 Å². The van der Waals surface area contributed by atoms with Crippen LogP contribution < -0.4 is 10.2 Å². The lowest BCUT2D eigenvalue weighted by molar-refractivity contribution is -0.121. The molecule has 5 rings (SSSR count). The summed E-state index contributed by atoms with van der Waals surface area (Å²) in [6.45, 7) is 4.38. The number of nitrogens with zero attached hydrogens (tertiary/aromatic N) is 2. The van der Waals surface area contributed by atoms with Gasteiger partial charge in [-0.2, -0.15) is 0 Å². The zero-order chi connectivity index (χ0) is 23.5. The maximum Gasteiger partial charge on any atom is 0.235 e. The van der Waals surface area contributed by atoms with Gasteiger partial charge in [0.25, 0.3) is 0 Å². The Morgan fingerprint density at radius 3 is 2.56 bits per heavy atom. The summed E-state index contributed by atoms with van der Waals surface area (Å²) >= 11 is 1.60. The van der Waals surface area contributed by atoms with E-state index in [2.05, 4.69) is 5.32 Å². The molecule has 2 heterocycles. The van der Waals surface area contributed by atoms with Crippen molar-refractivity contribution in [1.29, 1.82) is 0 Å². The van der Waals surface area contributed by atoms with Crippen molar-refractivity contribution in [2.75, 3.05) is 36.5 Å². The molecule has 1 N–H and O–H groups in total. The Kier molecular flexibility index (Phi) is 6.30. The van der Waals surface area contributed by atoms with E-state index < -0.39 is 5.41 Å². The van der Waals surface area contributed by atoms with Crippen LogP contribution in [-0.4, -0.2) is 37.2 Å². The lowest BCUT2D eigenvalue weighted by Crippen LogP contribution is -2.39. The molecule has 1 saturated heterocycles. The first-order valence-electron chi connectivity index (χ1n) is 11.4. The van der Waals surface area contributed by atoms with Crippen LogP contribution in [-0.2, 0) is 21.4 Å². The molecule has 0 spiro atoms. The molecule has 1 atom stereocenters. The SMILES string of the molecule is CC(Cc1nc2ccccc2s1)(C(=O)Nc1ccc(N2CCOCC2)c(F)c1)c1ccccc1. The van der Waals surface area contributed by atoms with Gasteiger partial charge in [-0.15, -0.1) is 11.3 Å². The lowest BCUT2D eigenvalue weighted by atomic mass is 9.78. The summed E-state index contributed by atoms with van der Waals surface area (Å²) in [7, 11) is 0. The molecule has 0 bridgehead atoms. The summed E-state index contributed by atoms with van der Waals surface area (Å²) in [6, 6.07) is 22.5. The summed E-state index contributed by atoms with van der Waals surface area (Å²) in [4.78, 5) is 20.4. The average Bonchev–Trinajstić information content (AvgIpc) is 3.27. The van der Waals surface area contributed by atoms with E-state index >= 15 is 0 Å². The number of benzene rings is 3. The van der Waals surface area contributed by atoms with Crippen LogP contribution in [0.2, 0.25) is 0 Å². The minimum Gasteiger partial charge on any atom is -0.378 e. The van der Waals surface area contributed by atoms with E-state index in [1.54, 1.807) is 23.5 Å². The lowest BCUT2D eigenvalue weighted by Gasteiger charge is -2.30. The van der Waals surface area contributed by atoms with Crippen molar-refractivity contribution >= 4 is 38.8 Å². The minimum atomic E-state index is -0.880. The highest BCUT2D eigenvalue weighted by Gasteiger charge is 2.36. The van der Waals surface area contributed by atoms with Gasteiger partial charge in [0, 0.05) is 25.2 Å². The van der Waals surface area contributed by atoms with E-state index in [0.29, 0.717) is 44.1 Å². The first kappa shape index (κ1) is 22.5.